The van der Waals surface area contributed by atoms with Crippen LogP contribution in [0.4, 0.5) is 11.6 Å². The van der Waals surface area contributed by atoms with E-state index in [-0.39, 0.29) is 18.9 Å². The summed E-state index contributed by atoms with van der Waals surface area (Å²) < 4.78 is 5.24. The minimum atomic E-state index is -0.614. The largest absolute Gasteiger partial charge is 0.490 e. The quantitative estimate of drug-likeness (QED) is 0.538. The highest BCUT2D eigenvalue weighted by molar-refractivity contribution is 5.85. The third-order valence-corrected chi connectivity index (χ3v) is 2.33. The molecule has 0 atom stereocenters. The second-order valence-electron chi connectivity index (χ2n) is 3.90. The van der Waals surface area contributed by atoms with Crippen LogP contribution in [0, 0.1) is 0 Å². The lowest BCUT2D eigenvalue weighted by molar-refractivity contribution is -0.117. The molecule has 1 heterocycles. The van der Waals surface area contributed by atoms with Gasteiger partial charge in [0.1, 0.15) is 6.33 Å². The Balaban J connectivity index is 3.20. The molecule has 9 nitrogen and oxygen atoms in total. The number of nitrogens with zero attached hydrogens (tertiary/aromatic N) is 3. The molecule has 2 amide bonds. The lowest BCUT2D eigenvalue weighted by atomic mass is 10.3. The Morgan fingerprint density at radius 2 is 1.90 bits per heavy atom. The van der Waals surface area contributed by atoms with Crippen molar-refractivity contribution in [3.63, 3.8) is 0 Å². The van der Waals surface area contributed by atoms with Crippen LogP contribution in [0.15, 0.2) is 6.33 Å². The van der Waals surface area contributed by atoms with Crippen molar-refractivity contribution in [3.8, 4) is 5.75 Å². The van der Waals surface area contributed by atoms with E-state index in [9.17, 15) is 9.59 Å². The molecular weight excluding hydrogens is 264 g/mol. The van der Waals surface area contributed by atoms with Gasteiger partial charge in [-0.2, -0.15) is 0 Å². The maximum atomic E-state index is 11.1. The molecule has 0 bridgehead atoms. The first kappa shape index (κ1) is 15.5. The highest BCUT2D eigenvalue weighted by Crippen LogP contribution is 2.31. The molecule has 0 unspecified atom stereocenters. The van der Waals surface area contributed by atoms with Crippen molar-refractivity contribution in [2.75, 3.05) is 37.0 Å². The number of ether oxygens (including phenoxy) is 1. The summed E-state index contributed by atoms with van der Waals surface area (Å²) in [5, 5.41) is 2.99. The SMILES string of the molecule is CCNc1ncnc(N(CC(N)=O)CC(N)=O)c1OC. The van der Waals surface area contributed by atoms with Gasteiger partial charge in [0.2, 0.25) is 17.6 Å². The number of methoxy groups -OCH3 is 1. The van der Waals surface area contributed by atoms with Crippen LogP contribution in [0.2, 0.25) is 0 Å². The lowest BCUT2D eigenvalue weighted by Gasteiger charge is -2.23. The number of nitrogens with one attached hydrogen (secondary N) is 1. The molecule has 0 saturated heterocycles. The zero-order valence-corrected chi connectivity index (χ0v) is 11.4. The highest BCUT2D eigenvalue weighted by Gasteiger charge is 2.20. The summed E-state index contributed by atoms with van der Waals surface area (Å²) in [6, 6.07) is 0. The predicted molar refractivity (Wildman–Crippen MR) is 73.3 cm³/mol. The van der Waals surface area contributed by atoms with Gasteiger partial charge < -0.3 is 26.4 Å². The van der Waals surface area contributed by atoms with Crippen molar-refractivity contribution in [3.05, 3.63) is 6.33 Å². The molecule has 0 saturated carbocycles. The number of primary amides is 2. The number of carbonyl (C=O) groups is 2. The second-order valence-corrected chi connectivity index (χ2v) is 3.90. The molecule has 1 aromatic rings. The summed E-state index contributed by atoms with van der Waals surface area (Å²) in [4.78, 5) is 31.6. The molecular formula is C11H18N6O3. The monoisotopic (exact) mass is 282 g/mol. The van der Waals surface area contributed by atoms with Gasteiger partial charge in [0.05, 0.1) is 20.2 Å². The molecule has 9 heteroatoms. The van der Waals surface area contributed by atoms with Crippen LogP contribution in [0.5, 0.6) is 5.75 Å². The molecule has 0 aliphatic rings. The predicted octanol–water partition coefficient (Wildman–Crippen LogP) is -1.31. The van der Waals surface area contributed by atoms with Crippen LogP contribution < -0.4 is 26.4 Å². The average Bonchev–Trinajstić information content (AvgIpc) is 2.37. The van der Waals surface area contributed by atoms with Gasteiger partial charge in [-0.1, -0.05) is 0 Å². The first-order valence-corrected chi connectivity index (χ1v) is 5.94. The summed E-state index contributed by atoms with van der Waals surface area (Å²) in [6.07, 6.45) is 1.30. The van der Waals surface area contributed by atoms with Crippen LogP contribution >= 0.6 is 0 Å². The number of rotatable bonds is 8. The number of anilines is 2. The van der Waals surface area contributed by atoms with Crippen molar-refractivity contribution in [1.82, 2.24) is 9.97 Å². The van der Waals surface area contributed by atoms with Crippen LogP contribution in [0.25, 0.3) is 0 Å². The number of hydrogen-bond donors (Lipinski definition) is 3. The molecule has 1 aromatic heterocycles. The summed E-state index contributed by atoms with van der Waals surface area (Å²) >= 11 is 0. The second kappa shape index (κ2) is 7.12. The smallest absolute Gasteiger partial charge is 0.237 e. The van der Waals surface area contributed by atoms with Crippen molar-refractivity contribution >= 4 is 23.5 Å². The minimum Gasteiger partial charge on any atom is -0.490 e. The van der Waals surface area contributed by atoms with Crippen molar-refractivity contribution < 1.29 is 14.3 Å². The van der Waals surface area contributed by atoms with E-state index < -0.39 is 11.8 Å². The Bertz CT molecular complexity index is 477. The Hall–Kier alpha value is -2.58. The van der Waals surface area contributed by atoms with Crippen molar-refractivity contribution in [1.29, 1.82) is 0 Å². The normalized spacial score (nSPS) is 9.90. The molecule has 0 aliphatic heterocycles. The maximum absolute atomic E-state index is 11.1. The Labute approximate surface area is 116 Å². The summed E-state index contributed by atoms with van der Waals surface area (Å²) in [7, 11) is 1.44. The van der Waals surface area contributed by atoms with E-state index in [0.29, 0.717) is 18.1 Å². The number of hydrogen-bond acceptors (Lipinski definition) is 7. The van der Waals surface area contributed by atoms with E-state index in [1.165, 1.54) is 18.3 Å². The van der Waals surface area contributed by atoms with Crippen LogP contribution in [-0.2, 0) is 9.59 Å². The third kappa shape index (κ3) is 3.97. The lowest BCUT2D eigenvalue weighted by Crippen LogP contribution is -2.40. The van der Waals surface area contributed by atoms with Crippen LogP contribution in [-0.4, -0.2) is 48.5 Å². The van der Waals surface area contributed by atoms with E-state index in [0.717, 1.165) is 0 Å². The van der Waals surface area contributed by atoms with Crippen molar-refractivity contribution in [2.24, 2.45) is 11.5 Å². The van der Waals surface area contributed by atoms with Gasteiger partial charge in [-0.25, -0.2) is 9.97 Å². The molecule has 20 heavy (non-hydrogen) atoms. The molecule has 0 aliphatic carbocycles. The first-order chi connectivity index (χ1) is 9.49. The third-order valence-electron chi connectivity index (χ3n) is 2.33. The number of carbonyl (C=O) groups excluding carboxylic acids is 2. The standard InChI is InChI=1S/C11H18N6O3/c1-3-14-10-9(20-2)11(16-6-15-10)17(4-7(12)18)5-8(13)19/h6H,3-5H2,1-2H3,(H2,12,18)(H2,13,19)(H,14,15,16). The van der Waals surface area contributed by atoms with Crippen molar-refractivity contribution in [2.45, 2.75) is 6.92 Å². The van der Waals surface area contributed by atoms with Crippen LogP contribution in [0.3, 0.4) is 0 Å². The Morgan fingerprint density at radius 1 is 1.30 bits per heavy atom. The van der Waals surface area contributed by atoms with Gasteiger partial charge in [0, 0.05) is 6.54 Å². The Kier molecular flexibility index (Phi) is 5.51. The topological polar surface area (TPSA) is 136 Å². The summed E-state index contributed by atoms with van der Waals surface area (Å²) in [6.45, 7) is 2.11. The fraction of sp³-hybridized carbons (Fsp3) is 0.455. The van der Waals surface area contributed by atoms with Crippen LogP contribution in [0.1, 0.15) is 6.92 Å². The minimum absolute atomic E-state index is 0.206. The van der Waals surface area contributed by atoms with E-state index in [2.05, 4.69) is 15.3 Å². The van der Waals surface area contributed by atoms with E-state index >= 15 is 0 Å². The zero-order chi connectivity index (χ0) is 15.1. The number of amides is 2. The average molecular weight is 282 g/mol. The highest BCUT2D eigenvalue weighted by atomic mass is 16.5. The van der Waals surface area contributed by atoms with Gasteiger partial charge in [0.25, 0.3) is 0 Å². The molecule has 0 radical (unpaired) electrons. The summed E-state index contributed by atoms with van der Waals surface area (Å²) in [5.74, 6) is -0.180. The maximum Gasteiger partial charge on any atom is 0.237 e. The van der Waals surface area contributed by atoms with Gasteiger partial charge in [-0.15, -0.1) is 0 Å². The molecule has 1 rings (SSSR count). The van der Waals surface area contributed by atoms with Gasteiger partial charge in [-0.05, 0) is 6.92 Å². The number of aromatic nitrogens is 2. The van der Waals surface area contributed by atoms with E-state index in [1.54, 1.807) is 0 Å². The summed E-state index contributed by atoms with van der Waals surface area (Å²) in [5.41, 5.74) is 10.3. The fourth-order valence-corrected chi connectivity index (χ4v) is 1.65. The van der Waals surface area contributed by atoms with E-state index in [1.807, 2.05) is 6.92 Å². The first-order valence-electron chi connectivity index (χ1n) is 5.94. The molecule has 0 fully saturated rings. The zero-order valence-electron chi connectivity index (χ0n) is 11.4. The van der Waals surface area contributed by atoms with E-state index in [4.69, 9.17) is 16.2 Å². The molecule has 0 spiro atoms. The van der Waals surface area contributed by atoms with Gasteiger partial charge in [0.15, 0.2) is 11.6 Å². The molecule has 0 aromatic carbocycles. The molecule has 110 valence electrons. The molecule has 5 N–H and O–H groups in total. The van der Waals surface area contributed by atoms with Gasteiger partial charge >= 0.3 is 0 Å². The number of nitrogens with two attached hydrogens (primary N) is 2. The van der Waals surface area contributed by atoms with Gasteiger partial charge in [-0.3, -0.25) is 9.59 Å². The fourth-order valence-electron chi connectivity index (χ4n) is 1.65. The Morgan fingerprint density at radius 3 is 2.35 bits per heavy atom.